The molecule has 0 spiro atoms. The van der Waals surface area contributed by atoms with Crippen LogP contribution >= 0.6 is 15.9 Å². The molecule has 132 valence electrons. The van der Waals surface area contributed by atoms with Gasteiger partial charge in [0, 0.05) is 13.1 Å². The van der Waals surface area contributed by atoms with Gasteiger partial charge in [-0.1, -0.05) is 6.92 Å². The summed E-state index contributed by atoms with van der Waals surface area (Å²) in [5, 5.41) is 7.78. The highest BCUT2D eigenvalue weighted by atomic mass is 79.9. The van der Waals surface area contributed by atoms with E-state index < -0.39 is 0 Å². The smallest absolute Gasteiger partial charge is 0.273 e. The van der Waals surface area contributed by atoms with Crippen molar-refractivity contribution in [3.8, 4) is 0 Å². The fourth-order valence-electron chi connectivity index (χ4n) is 6.25. The molecule has 1 atom stereocenters. The Bertz CT molecular complexity index is 631. The zero-order valence-electron chi connectivity index (χ0n) is 14.9. The van der Waals surface area contributed by atoms with E-state index >= 15 is 0 Å². The van der Waals surface area contributed by atoms with E-state index in [1.54, 1.807) is 4.68 Å². The molecule has 1 aromatic rings. The Morgan fingerprint density at radius 3 is 2.25 bits per heavy atom. The van der Waals surface area contributed by atoms with Crippen molar-refractivity contribution in [3.63, 3.8) is 0 Å². The normalized spacial score (nSPS) is 35.2. The molecule has 5 heteroatoms. The summed E-state index contributed by atoms with van der Waals surface area (Å²) in [6, 6.07) is 0.285. The lowest BCUT2D eigenvalue weighted by atomic mass is 9.47. The second-order valence-corrected chi connectivity index (χ2v) is 9.38. The molecule has 1 aromatic heterocycles. The Balaban J connectivity index is 1.56. The number of carbonyl (C=O) groups excluding carboxylic acids is 1. The summed E-state index contributed by atoms with van der Waals surface area (Å²) in [5.41, 5.74) is 1.86. The number of amides is 1. The second-order valence-electron chi connectivity index (χ2n) is 8.59. The van der Waals surface area contributed by atoms with Gasteiger partial charge in [-0.25, -0.2) is 0 Å². The minimum Gasteiger partial charge on any atom is -0.347 e. The summed E-state index contributed by atoms with van der Waals surface area (Å²) >= 11 is 3.53. The molecule has 24 heavy (non-hydrogen) atoms. The number of carbonyl (C=O) groups is 1. The maximum atomic E-state index is 12.9. The van der Waals surface area contributed by atoms with Crippen LogP contribution in [0.4, 0.5) is 0 Å². The Morgan fingerprint density at radius 2 is 1.83 bits per heavy atom. The van der Waals surface area contributed by atoms with E-state index in [1.807, 2.05) is 14.0 Å². The van der Waals surface area contributed by atoms with Crippen molar-refractivity contribution in [2.45, 2.75) is 64.8 Å². The fourth-order valence-corrected chi connectivity index (χ4v) is 6.76. The molecule has 4 nitrogen and oxygen atoms in total. The molecule has 0 unspecified atom stereocenters. The standard InChI is InChI=1S/C19H28BrN3O/c1-4-15(21-18(24)17-16(20)11(2)23(3)22-17)19-8-12-5-13(9-19)7-14(6-12)10-19/h12-15H,4-10H2,1-3H3,(H,21,24)/t12?,13?,14?,15-,19?/m0/s1. The third-order valence-corrected chi connectivity index (χ3v) is 7.96. The van der Waals surface area contributed by atoms with Crippen LogP contribution in [0.25, 0.3) is 0 Å². The molecule has 1 N–H and O–H groups in total. The van der Waals surface area contributed by atoms with Gasteiger partial charge in [0.05, 0.1) is 10.2 Å². The topological polar surface area (TPSA) is 46.9 Å². The largest absolute Gasteiger partial charge is 0.347 e. The van der Waals surface area contributed by atoms with Crippen LogP contribution in [-0.4, -0.2) is 21.7 Å². The first-order valence-electron chi connectivity index (χ1n) is 9.42. The van der Waals surface area contributed by atoms with Crippen LogP contribution in [0, 0.1) is 30.1 Å². The highest BCUT2D eigenvalue weighted by Crippen LogP contribution is 2.61. The van der Waals surface area contributed by atoms with Gasteiger partial charge >= 0.3 is 0 Å². The van der Waals surface area contributed by atoms with Crippen molar-refractivity contribution in [2.75, 3.05) is 0 Å². The van der Waals surface area contributed by atoms with E-state index in [9.17, 15) is 4.79 Å². The molecule has 0 saturated heterocycles. The molecule has 1 amide bonds. The highest BCUT2D eigenvalue weighted by Gasteiger charge is 2.54. The van der Waals surface area contributed by atoms with E-state index in [2.05, 4.69) is 33.3 Å². The summed E-state index contributed by atoms with van der Waals surface area (Å²) < 4.78 is 2.59. The Kier molecular flexibility index (Phi) is 4.06. The van der Waals surface area contributed by atoms with Crippen molar-refractivity contribution in [2.24, 2.45) is 30.2 Å². The number of hydrogen-bond acceptors (Lipinski definition) is 2. The van der Waals surface area contributed by atoms with Gasteiger partial charge in [0.25, 0.3) is 5.91 Å². The van der Waals surface area contributed by atoms with Crippen LogP contribution in [-0.2, 0) is 7.05 Å². The highest BCUT2D eigenvalue weighted by molar-refractivity contribution is 9.10. The maximum absolute atomic E-state index is 12.9. The summed E-state index contributed by atoms with van der Waals surface area (Å²) in [7, 11) is 1.88. The first kappa shape index (κ1) is 16.6. The van der Waals surface area contributed by atoms with Gasteiger partial charge in [0.2, 0.25) is 0 Å². The van der Waals surface area contributed by atoms with E-state index in [0.29, 0.717) is 11.1 Å². The van der Waals surface area contributed by atoms with E-state index in [-0.39, 0.29) is 11.9 Å². The summed E-state index contributed by atoms with van der Waals surface area (Å²) in [6.45, 7) is 4.20. The number of rotatable bonds is 4. The SMILES string of the molecule is CC[C@H](NC(=O)c1nn(C)c(C)c1Br)C12CC3CC(CC(C3)C1)C2. The lowest BCUT2D eigenvalue weighted by Crippen LogP contribution is -2.56. The average molecular weight is 394 g/mol. The Labute approximate surface area is 152 Å². The van der Waals surface area contributed by atoms with Crippen molar-refractivity contribution in [1.82, 2.24) is 15.1 Å². The molecule has 4 aliphatic rings. The number of nitrogens with one attached hydrogen (secondary N) is 1. The Morgan fingerprint density at radius 1 is 1.29 bits per heavy atom. The molecule has 4 bridgehead atoms. The Hall–Kier alpha value is -0.840. The van der Waals surface area contributed by atoms with Gasteiger partial charge in [0.1, 0.15) is 0 Å². The van der Waals surface area contributed by atoms with Crippen LogP contribution in [0.2, 0.25) is 0 Å². The van der Waals surface area contributed by atoms with Crippen LogP contribution < -0.4 is 5.32 Å². The van der Waals surface area contributed by atoms with Crippen molar-refractivity contribution in [3.05, 3.63) is 15.9 Å². The fraction of sp³-hybridized carbons (Fsp3) is 0.789. The number of halogens is 1. The van der Waals surface area contributed by atoms with Crippen molar-refractivity contribution in [1.29, 1.82) is 0 Å². The zero-order valence-corrected chi connectivity index (χ0v) is 16.5. The van der Waals surface area contributed by atoms with Gasteiger partial charge < -0.3 is 5.32 Å². The predicted molar refractivity (Wildman–Crippen MR) is 97.8 cm³/mol. The molecule has 0 radical (unpaired) electrons. The van der Waals surface area contributed by atoms with Crippen LogP contribution in [0.1, 0.15) is 68.1 Å². The second kappa shape index (κ2) is 5.86. The monoisotopic (exact) mass is 393 g/mol. The van der Waals surface area contributed by atoms with Crippen molar-refractivity contribution >= 4 is 21.8 Å². The number of aryl methyl sites for hydroxylation is 1. The lowest BCUT2D eigenvalue weighted by Gasteiger charge is -2.59. The van der Waals surface area contributed by atoms with Gasteiger partial charge in [-0.2, -0.15) is 5.10 Å². The van der Waals surface area contributed by atoms with Crippen LogP contribution in [0.15, 0.2) is 4.47 Å². The van der Waals surface area contributed by atoms with Crippen molar-refractivity contribution < 1.29 is 4.79 Å². The number of aromatic nitrogens is 2. The van der Waals surface area contributed by atoms with Gasteiger partial charge in [-0.3, -0.25) is 9.48 Å². The molecular weight excluding hydrogens is 366 g/mol. The molecule has 5 rings (SSSR count). The maximum Gasteiger partial charge on any atom is 0.273 e. The quantitative estimate of drug-likeness (QED) is 0.832. The van der Waals surface area contributed by atoms with Gasteiger partial charge in [-0.15, -0.1) is 0 Å². The number of nitrogens with zero attached hydrogens (tertiary/aromatic N) is 2. The molecule has 4 saturated carbocycles. The first-order valence-corrected chi connectivity index (χ1v) is 10.2. The van der Waals surface area contributed by atoms with Gasteiger partial charge in [0.15, 0.2) is 5.69 Å². The molecular formula is C19H28BrN3O. The molecule has 4 aliphatic carbocycles. The first-order chi connectivity index (χ1) is 11.4. The molecule has 4 fully saturated rings. The summed E-state index contributed by atoms with van der Waals surface area (Å²) in [5.74, 6) is 2.70. The average Bonchev–Trinajstić information content (AvgIpc) is 2.78. The predicted octanol–water partition coefficient (Wildman–Crippen LogP) is 4.22. The molecule has 1 heterocycles. The lowest BCUT2D eigenvalue weighted by molar-refractivity contribution is -0.0727. The van der Waals surface area contributed by atoms with E-state index in [4.69, 9.17) is 0 Å². The summed E-state index contributed by atoms with van der Waals surface area (Å²) in [4.78, 5) is 12.9. The van der Waals surface area contributed by atoms with Crippen LogP contribution in [0.5, 0.6) is 0 Å². The summed E-state index contributed by atoms with van der Waals surface area (Å²) in [6.07, 6.45) is 9.29. The minimum atomic E-state index is -0.0202. The third-order valence-electron chi connectivity index (χ3n) is 7.01. The van der Waals surface area contributed by atoms with Crippen LogP contribution in [0.3, 0.4) is 0 Å². The van der Waals surface area contributed by atoms with Gasteiger partial charge in [-0.05, 0) is 91.0 Å². The molecule has 0 aliphatic heterocycles. The number of hydrogen-bond donors (Lipinski definition) is 1. The third kappa shape index (κ3) is 2.54. The van der Waals surface area contributed by atoms with E-state index in [1.165, 1.54) is 38.5 Å². The van der Waals surface area contributed by atoms with E-state index in [0.717, 1.165) is 34.3 Å². The minimum absolute atomic E-state index is 0.0202. The molecule has 0 aromatic carbocycles. The zero-order chi connectivity index (χ0) is 17.1.